The van der Waals surface area contributed by atoms with Gasteiger partial charge >= 0.3 is 5.69 Å². The van der Waals surface area contributed by atoms with E-state index in [-0.39, 0.29) is 23.8 Å². The van der Waals surface area contributed by atoms with Gasteiger partial charge in [-0.3, -0.25) is 19.7 Å². The van der Waals surface area contributed by atoms with Gasteiger partial charge in [0.15, 0.2) is 0 Å². The van der Waals surface area contributed by atoms with Crippen LogP contribution in [0.2, 0.25) is 0 Å². The Kier molecular flexibility index (Phi) is 5.35. The van der Waals surface area contributed by atoms with Crippen LogP contribution in [0, 0.1) is 17.0 Å². The topological polar surface area (TPSA) is 111 Å². The average Bonchev–Trinajstić information content (AvgIpc) is 3.05. The van der Waals surface area contributed by atoms with Crippen molar-refractivity contribution in [3.05, 3.63) is 69.3 Å². The minimum atomic E-state index is -0.688. The van der Waals surface area contributed by atoms with E-state index in [1.807, 2.05) is 30.3 Å². The fourth-order valence-corrected chi connectivity index (χ4v) is 2.92. The van der Waals surface area contributed by atoms with E-state index in [1.54, 1.807) is 13.0 Å². The first-order valence-electron chi connectivity index (χ1n) is 8.50. The molecule has 2 amide bonds. The molecule has 0 bridgehead atoms. The summed E-state index contributed by atoms with van der Waals surface area (Å²) in [4.78, 5) is 35.3. The lowest BCUT2D eigenvalue weighted by molar-refractivity contribution is -0.386. The van der Waals surface area contributed by atoms with Crippen LogP contribution in [0.3, 0.4) is 0 Å². The van der Waals surface area contributed by atoms with Gasteiger partial charge in [-0.05, 0) is 30.5 Å². The van der Waals surface area contributed by atoms with Crippen molar-refractivity contribution in [1.29, 1.82) is 0 Å². The van der Waals surface area contributed by atoms with Gasteiger partial charge in [-0.15, -0.1) is 0 Å². The second-order valence-electron chi connectivity index (χ2n) is 6.24. The number of carbonyl (C=O) groups excluding carboxylic acids is 2. The molecule has 1 aliphatic rings. The lowest BCUT2D eigenvalue weighted by atomic mass is 10.1. The zero-order valence-electron chi connectivity index (χ0n) is 14.7. The third-order valence-electron chi connectivity index (χ3n) is 4.34. The van der Waals surface area contributed by atoms with Crippen molar-refractivity contribution in [2.24, 2.45) is 0 Å². The number of nitro groups is 1. The maximum absolute atomic E-state index is 12.6. The van der Waals surface area contributed by atoms with Crippen molar-refractivity contribution in [3.8, 4) is 5.75 Å². The molecule has 1 aliphatic heterocycles. The molecule has 0 aromatic heterocycles. The molecular formula is C19H19N3O5. The molecule has 0 radical (unpaired) electrons. The lowest BCUT2D eigenvalue weighted by Gasteiger charge is -2.14. The maximum atomic E-state index is 12.6. The molecule has 8 nitrogen and oxygen atoms in total. The number of hydrogen-bond acceptors (Lipinski definition) is 5. The summed E-state index contributed by atoms with van der Waals surface area (Å²) in [5, 5.41) is 16.8. The molecule has 140 valence electrons. The fourth-order valence-electron chi connectivity index (χ4n) is 2.92. The molecule has 2 N–H and O–H groups in total. The van der Waals surface area contributed by atoms with E-state index in [9.17, 15) is 19.7 Å². The smallest absolute Gasteiger partial charge is 0.323 e. The summed E-state index contributed by atoms with van der Waals surface area (Å²) in [7, 11) is 0. The van der Waals surface area contributed by atoms with Gasteiger partial charge in [0, 0.05) is 6.54 Å². The Morgan fingerprint density at radius 2 is 2.04 bits per heavy atom. The first-order chi connectivity index (χ1) is 13.0. The van der Waals surface area contributed by atoms with E-state index >= 15 is 0 Å². The lowest BCUT2D eigenvalue weighted by Crippen LogP contribution is -2.40. The van der Waals surface area contributed by atoms with E-state index in [1.165, 1.54) is 6.07 Å². The highest BCUT2D eigenvalue weighted by molar-refractivity contribution is 6.02. The molecule has 3 rings (SSSR count). The van der Waals surface area contributed by atoms with Crippen LogP contribution in [0.5, 0.6) is 5.75 Å². The van der Waals surface area contributed by atoms with Gasteiger partial charge < -0.3 is 15.4 Å². The largest absolute Gasteiger partial charge is 0.482 e. The summed E-state index contributed by atoms with van der Waals surface area (Å²) in [6.07, 6.45) is 0.446. The Labute approximate surface area is 155 Å². The highest BCUT2D eigenvalue weighted by Gasteiger charge is 2.31. The number of benzene rings is 2. The number of amides is 2. The Morgan fingerprint density at radius 3 is 2.67 bits per heavy atom. The summed E-state index contributed by atoms with van der Waals surface area (Å²) in [5.41, 5.74) is 0.867. The van der Waals surface area contributed by atoms with Crippen molar-refractivity contribution in [1.82, 2.24) is 10.6 Å². The third kappa shape index (κ3) is 4.05. The second kappa shape index (κ2) is 7.86. The van der Waals surface area contributed by atoms with Gasteiger partial charge in [0.1, 0.15) is 18.2 Å². The Bertz CT molecular complexity index is 882. The molecule has 1 unspecified atom stereocenters. The number of ether oxygens (including phenoxy) is 1. The van der Waals surface area contributed by atoms with Crippen LogP contribution in [0.25, 0.3) is 0 Å². The van der Waals surface area contributed by atoms with Crippen LogP contribution in [-0.4, -0.2) is 29.3 Å². The molecule has 0 aliphatic carbocycles. The van der Waals surface area contributed by atoms with Crippen LogP contribution in [-0.2, 0) is 11.4 Å². The van der Waals surface area contributed by atoms with Gasteiger partial charge in [-0.2, -0.15) is 0 Å². The number of nitrogens with zero attached hydrogens (tertiary/aromatic N) is 1. The van der Waals surface area contributed by atoms with Crippen molar-refractivity contribution in [2.45, 2.75) is 26.0 Å². The molecule has 1 fully saturated rings. The summed E-state index contributed by atoms with van der Waals surface area (Å²) < 4.78 is 5.70. The fraction of sp³-hybridized carbons (Fsp3) is 0.263. The van der Waals surface area contributed by atoms with E-state index in [0.717, 1.165) is 5.56 Å². The number of nitrogens with one attached hydrogen (secondary N) is 2. The molecular weight excluding hydrogens is 350 g/mol. The normalized spacial score (nSPS) is 15.9. The van der Waals surface area contributed by atoms with Crippen molar-refractivity contribution in [2.75, 3.05) is 6.54 Å². The Hall–Kier alpha value is -3.42. The van der Waals surface area contributed by atoms with Crippen LogP contribution in [0.1, 0.15) is 27.9 Å². The van der Waals surface area contributed by atoms with E-state index in [0.29, 0.717) is 18.5 Å². The minimum absolute atomic E-state index is 0.0485. The van der Waals surface area contributed by atoms with Crippen molar-refractivity contribution >= 4 is 17.5 Å². The van der Waals surface area contributed by atoms with Crippen LogP contribution in [0.4, 0.5) is 5.69 Å². The predicted molar refractivity (Wildman–Crippen MR) is 97.5 cm³/mol. The van der Waals surface area contributed by atoms with Gasteiger partial charge in [0.2, 0.25) is 11.7 Å². The summed E-state index contributed by atoms with van der Waals surface area (Å²) >= 11 is 0. The van der Waals surface area contributed by atoms with Crippen molar-refractivity contribution < 1.29 is 19.2 Å². The highest BCUT2D eigenvalue weighted by atomic mass is 16.6. The van der Waals surface area contributed by atoms with Crippen LogP contribution >= 0.6 is 0 Å². The predicted octanol–water partition coefficient (Wildman–Crippen LogP) is 2.10. The monoisotopic (exact) mass is 369 g/mol. The zero-order valence-corrected chi connectivity index (χ0v) is 14.7. The summed E-state index contributed by atoms with van der Waals surface area (Å²) in [6.45, 7) is 2.28. The SMILES string of the molecule is Cc1ccc(C(=O)NC2CCNC2=O)c([N+](=O)[O-])c1OCc1ccccc1. The summed E-state index contributed by atoms with van der Waals surface area (Å²) in [6, 6.07) is 11.5. The Balaban J connectivity index is 1.89. The molecule has 2 aromatic carbocycles. The summed E-state index contributed by atoms with van der Waals surface area (Å²) in [5.74, 6) is -0.917. The standard InChI is InChI=1S/C19H19N3O5/c1-12-7-8-14(18(23)21-15-9-10-20-19(15)24)16(22(25)26)17(12)27-11-13-5-3-2-4-6-13/h2-8,15H,9-11H2,1H3,(H,20,24)(H,21,23). The van der Waals surface area contributed by atoms with E-state index < -0.39 is 22.6 Å². The first-order valence-corrected chi connectivity index (χ1v) is 8.50. The molecule has 27 heavy (non-hydrogen) atoms. The quantitative estimate of drug-likeness (QED) is 0.598. The highest BCUT2D eigenvalue weighted by Crippen LogP contribution is 2.35. The van der Waals surface area contributed by atoms with Crippen LogP contribution < -0.4 is 15.4 Å². The molecule has 1 heterocycles. The second-order valence-corrected chi connectivity index (χ2v) is 6.24. The average molecular weight is 369 g/mol. The first kappa shape index (κ1) is 18.4. The number of rotatable bonds is 6. The van der Waals surface area contributed by atoms with E-state index in [4.69, 9.17) is 4.74 Å². The molecule has 0 spiro atoms. The molecule has 8 heteroatoms. The Morgan fingerprint density at radius 1 is 1.30 bits per heavy atom. The number of aryl methyl sites for hydroxylation is 1. The molecule has 0 saturated carbocycles. The maximum Gasteiger partial charge on any atom is 0.323 e. The number of hydrogen-bond donors (Lipinski definition) is 2. The number of carbonyl (C=O) groups is 2. The van der Waals surface area contributed by atoms with Gasteiger partial charge in [-0.1, -0.05) is 36.4 Å². The van der Waals surface area contributed by atoms with Gasteiger partial charge in [-0.25, -0.2) is 0 Å². The van der Waals surface area contributed by atoms with Gasteiger partial charge in [0.05, 0.1) is 4.92 Å². The molecule has 1 atom stereocenters. The zero-order chi connectivity index (χ0) is 19.4. The van der Waals surface area contributed by atoms with Crippen LogP contribution in [0.15, 0.2) is 42.5 Å². The minimum Gasteiger partial charge on any atom is -0.482 e. The van der Waals surface area contributed by atoms with Gasteiger partial charge in [0.25, 0.3) is 5.91 Å². The molecule has 1 saturated heterocycles. The molecule has 2 aromatic rings. The third-order valence-corrected chi connectivity index (χ3v) is 4.34. The van der Waals surface area contributed by atoms with E-state index in [2.05, 4.69) is 10.6 Å². The number of nitro benzene ring substituents is 1. The van der Waals surface area contributed by atoms with Crippen molar-refractivity contribution in [3.63, 3.8) is 0 Å².